The third-order valence-electron chi connectivity index (χ3n) is 7.03. The van der Waals surface area contributed by atoms with E-state index in [4.69, 9.17) is 9.47 Å². The lowest BCUT2D eigenvalue weighted by atomic mass is 10.0. The van der Waals surface area contributed by atoms with Crippen LogP contribution in [0.5, 0.6) is 11.5 Å². The summed E-state index contributed by atoms with van der Waals surface area (Å²) in [6.07, 6.45) is 0.340. The largest absolute Gasteiger partial charge is 0.493 e. The molecule has 43 heavy (non-hydrogen) atoms. The number of amides is 2. The van der Waals surface area contributed by atoms with Crippen LogP contribution in [0.25, 0.3) is 0 Å². The molecule has 0 aromatic heterocycles. The van der Waals surface area contributed by atoms with E-state index in [1.54, 1.807) is 24.3 Å². The summed E-state index contributed by atoms with van der Waals surface area (Å²) in [4.78, 5) is 29.2. The maximum absolute atomic E-state index is 14.3. The summed E-state index contributed by atoms with van der Waals surface area (Å²) in [7, 11) is -1.38. The predicted molar refractivity (Wildman–Crippen MR) is 169 cm³/mol. The van der Waals surface area contributed by atoms with Crippen LogP contribution in [0.2, 0.25) is 0 Å². The van der Waals surface area contributed by atoms with Crippen molar-refractivity contribution in [1.82, 2.24) is 10.2 Å². The van der Waals surface area contributed by atoms with Gasteiger partial charge in [-0.3, -0.25) is 13.9 Å². The first kappa shape index (κ1) is 33.5. The highest BCUT2D eigenvalue weighted by Gasteiger charge is 2.35. The number of anilines is 1. The van der Waals surface area contributed by atoms with Crippen LogP contribution in [-0.4, -0.2) is 57.5 Å². The van der Waals surface area contributed by atoms with E-state index < -0.39 is 34.1 Å². The molecule has 0 aliphatic heterocycles. The van der Waals surface area contributed by atoms with E-state index in [1.165, 1.54) is 37.3 Å². The van der Waals surface area contributed by atoms with Crippen LogP contribution in [0, 0.1) is 13.8 Å². The maximum atomic E-state index is 14.3. The van der Waals surface area contributed by atoms with E-state index in [9.17, 15) is 18.0 Å². The summed E-state index contributed by atoms with van der Waals surface area (Å²) in [6.45, 7) is 10.9. The summed E-state index contributed by atoms with van der Waals surface area (Å²) in [5, 5.41) is 2.99. The Kier molecular flexibility index (Phi) is 10.9. The van der Waals surface area contributed by atoms with Gasteiger partial charge in [0, 0.05) is 18.2 Å². The highest BCUT2D eigenvalue weighted by atomic mass is 32.2. The zero-order chi connectivity index (χ0) is 31.9. The predicted octanol–water partition coefficient (Wildman–Crippen LogP) is 5.24. The number of sulfonamides is 1. The lowest BCUT2D eigenvalue weighted by molar-refractivity contribution is -0.141. The summed E-state index contributed by atoms with van der Waals surface area (Å²) >= 11 is 0. The van der Waals surface area contributed by atoms with Crippen LogP contribution in [0.3, 0.4) is 0 Å². The fourth-order valence-corrected chi connectivity index (χ4v) is 6.12. The van der Waals surface area contributed by atoms with Crippen LogP contribution >= 0.6 is 0 Å². The number of hydrogen-bond acceptors (Lipinski definition) is 6. The van der Waals surface area contributed by atoms with Crippen LogP contribution in [0.15, 0.2) is 71.6 Å². The number of nitrogens with zero attached hydrogens (tertiary/aromatic N) is 2. The lowest BCUT2D eigenvalue weighted by Crippen LogP contribution is -2.55. The molecule has 0 saturated carbocycles. The molecule has 1 atom stereocenters. The molecule has 1 N–H and O–H groups in total. The van der Waals surface area contributed by atoms with Crippen molar-refractivity contribution in [3.8, 4) is 11.5 Å². The van der Waals surface area contributed by atoms with Crippen molar-refractivity contribution < 1.29 is 27.5 Å². The second-order valence-corrected chi connectivity index (χ2v) is 13.3. The number of aryl methyl sites for hydroxylation is 2. The molecule has 232 valence electrons. The van der Waals surface area contributed by atoms with Crippen LogP contribution in [0.1, 0.15) is 50.8 Å². The van der Waals surface area contributed by atoms with Gasteiger partial charge in [0.05, 0.1) is 24.8 Å². The Morgan fingerprint density at radius 1 is 0.907 bits per heavy atom. The van der Waals surface area contributed by atoms with Crippen molar-refractivity contribution in [2.45, 2.75) is 71.0 Å². The summed E-state index contributed by atoms with van der Waals surface area (Å²) in [6, 6.07) is 18.0. The molecule has 0 spiro atoms. The Balaban J connectivity index is 2.12. The van der Waals surface area contributed by atoms with E-state index in [2.05, 4.69) is 5.32 Å². The molecule has 0 radical (unpaired) electrons. The van der Waals surface area contributed by atoms with Crippen molar-refractivity contribution >= 4 is 27.5 Å². The second-order valence-electron chi connectivity index (χ2n) is 11.5. The minimum atomic E-state index is -4.27. The van der Waals surface area contributed by atoms with Gasteiger partial charge in [0.15, 0.2) is 11.5 Å². The van der Waals surface area contributed by atoms with Crippen molar-refractivity contribution in [2.24, 2.45) is 0 Å². The van der Waals surface area contributed by atoms with Gasteiger partial charge in [-0.05, 0) is 76.4 Å². The van der Waals surface area contributed by atoms with Gasteiger partial charge in [-0.1, -0.05) is 48.9 Å². The van der Waals surface area contributed by atoms with E-state index in [0.29, 0.717) is 17.9 Å². The molecule has 3 rings (SSSR count). The fraction of sp³-hybridized carbons (Fsp3) is 0.394. The summed E-state index contributed by atoms with van der Waals surface area (Å²) in [5.41, 5.74) is 2.55. The third-order valence-corrected chi connectivity index (χ3v) is 8.80. The monoisotopic (exact) mass is 609 g/mol. The Morgan fingerprint density at radius 2 is 1.53 bits per heavy atom. The molecule has 3 aromatic carbocycles. The second kappa shape index (κ2) is 13.9. The van der Waals surface area contributed by atoms with Crippen LogP contribution < -0.4 is 19.1 Å². The molecule has 2 amide bonds. The standard InChI is InChI=1S/C33H43N3O6S/c1-9-28(32(38)34-33(4,5)6)35(21-25-13-11-10-12-24(25)3)31(37)22-36(26-16-14-23(2)15-17-26)43(39,40)27-18-19-29(41-7)30(20-27)42-8/h10-20,28H,9,21-22H2,1-8H3,(H,34,38)/t28-/m0/s1. The minimum Gasteiger partial charge on any atom is -0.493 e. The number of carbonyl (C=O) groups excluding carboxylic acids is 2. The van der Waals surface area contributed by atoms with E-state index in [1.807, 2.05) is 65.8 Å². The summed E-state index contributed by atoms with van der Waals surface area (Å²) < 4.78 is 40.1. The highest BCUT2D eigenvalue weighted by molar-refractivity contribution is 7.92. The molecule has 10 heteroatoms. The molecule has 3 aromatic rings. The van der Waals surface area contributed by atoms with Crippen molar-refractivity contribution in [3.05, 3.63) is 83.4 Å². The van der Waals surface area contributed by atoms with Crippen LogP contribution in [-0.2, 0) is 26.2 Å². The molecule has 0 fully saturated rings. The van der Waals surface area contributed by atoms with Crippen molar-refractivity contribution in [3.63, 3.8) is 0 Å². The topological polar surface area (TPSA) is 105 Å². The van der Waals surface area contributed by atoms with E-state index in [0.717, 1.165) is 21.0 Å². The number of methoxy groups -OCH3 is 2. The van der Waals surface area contributed by atoms with Gasteiger partial charge in [-0.25, -0.2) is 8.42 Å². The first-order chi connectivity index (χ1) is 20.2. The average molecular weight is 610 g/mol. The quantitative estimate of drug-likeness (QED) is 0.301. The average Bonchev–Trinajstić information content (AvgIpc) is 2.95. The molecule has 9 nitrogen and oxygen atoms in total. The Hall–Kier alpha value is -4.05. The smallest absolute Gasteiger partial charge is 0.264 e. The van der Waals surface area contributed by atoms with Crippen molar-refractivity contribution in [2.75, 3.05) is 25.1 Å². The third kappa shape index (κ3) is 8.28. The van der Waals surface area contributed by atoms with Gasteiger partial charge in [0.2, 0.25) is 11.8 Å². The van der Waals surface area contributed by atoms with Gasteiger partial charge in [0.1, 0.15) is 12.6 Å². The zero-order valence-corrected chi connectivity index (χ0v) is 27.1. The minimum absolute atomic E-state index is 0.0681. The SMILES string of the molecule is CC[C@@H](C(=O)NC(C)(C)C)N(Cc1ccccc1C)C(=O)CN(c1ccc(C)cc1)S(=O)(=O)c1ccc(OC)c(OC)c1. The van der Waals surface area contributed by atoms with Gasteiger partial charge >= 0.3 is 0 Å². The number of benzene rings is 3. The normalized spacial score (nSPS) is 12.3. The van der Waals surface area contributed by atoms with Gasteiger partial charge in [-0.2, -0.15) is 0 Å². The number of hydrogen-bond donors (Lipinski definition) is 1. The molecule has 0 aliphatic rings. The van der Waals surface area contributed by atoms with Gasteiger partial charge < -0.3 is 19.7 Å². The van der Waals surface area contributed by atoms with Crippen LogP contribution in [0.4, 0.5) is 5.69 Å². The fourth-order valence-electron chi connectivity index (χ4n) is 4.69. The molecular weight excluding hydrogens is 566 g/mol. The first-order valence-corrected chi connectivity index (χ1v) is 15.6. The number of carbonyl (C=O) groups is 2. The Morgan fingerprint density at radius 3 is 2.09 bits per heavy atom. The summed E-state index contributed by atoms with van der Waals surface area (Å²) in [5.74, 6) is -0.199. The van der Waals surface area contributed by atoms with Gasteiger partial charge in [-0.15, -0.1) is 0 Å². The number of rotatable bonds is 12. The van der Waals surface area contributed by atoms with E-state index >= 15 is 0 Å². The highest BCUT2D eigenvalue weighted by Crippen LogP contribution is 2.32. The maximum Gasteiger partial charge on any atom is 0.264 e. The Bertz CT molecular complexity index is 1530. The number of nitrogens with one attached hydrogen (secondary N) is 1. The van der Waals surface area contributed by atoms with Gasteiger partial charge in [0.25, 0.3) is 10.0 Å². The van der Waals surface area contributed by atoms with Crippen molar-refractivity contribution in [1.29, 1.82) is 0 Å². The Labute approximate surface area is 255 Å². The molecular formula is C33H43N3O6S. The molecule has 0 aliphatic carbocycles. The molecule has 0 bridgehead atoms. The first-order valence-electron chi connectivity index (χ1n) is 14.2. The number of ether oxygens (including phenoxy) is 2. The molecule has 0 saturated heterocycles. The lowest BCUT2D eigenvalue weighted by Gasteiger charge is -2.35. The molecule has 0 unspecified atom stereocenters. The zero-order valence-electron chi connectivity index (χ0n) is 26.3. The molecule has 0 heterocycles. The van der Waals surface area contributed by atoms with E-state index in [-0.39, 0.29) is 23.1 Å².